The lowest BCUT2D eigenvalue weighted by atomic mass is 9.89. The van der Waals surface area contributed by atoms with E-state index in [2.05, 4.69) is 5.32 Å². The van der Waals surface area contributed by atoms with Crippen molar-refractivity contribution in [3.63, 3.8) is 0 Å². The van der Waals surface area contributed by atoms with Gasteiger partial charge in [-0.05, 0) is 56.0 Å². The molecular formula is C24H27FN2O4. The summed E-state index contributed by atoms with van der Waals surface area (Å²) in [6.07, 6.45) is 1.82. The third-order valence-electron chi connectivity index (χ3n) is 6.27. The molecule has 2 aliphatic heterocycles. The molecule has 0 aromatic heterocycles. The highest BCUT2D eigenvalue weighted by Gasteiger charge is 2.39. The second-order valence-corrected chi connectivity index (χ2v) is 8.27. The van der Waals surface area contributed by atoms with E-state index in [4.69, 9.17) is 4.74 Å². The van der Waals surface area contributed by atoms with E-state index in [1.54, 1.807) is 24.3 Å². The molecule has 2 N–H and O–H groups in total. The highest BCUT2D eigenvalue weighted by Crippen LogP contribution is 2.31. The van der Waals surface area contributed by atoms with Crippen LogP contribution in [0.15, 0.2) is 42.5 Å². The molecule has 31 heavy (non-hydrogen) atoms. The summed E-state index contributed by atoms with van der Waals surface area (Å²) in [7, 11) is 0. The van der Waals surface area contributed by atoms with Crippen LogP contribution in [-0.4, -0.2) is 53.7 Å². The Morgan fingerprint density at radius 1 is 1.19 bits per heavy atom. The van der Waals surface area contributed by atoms with Crippen LogP contribution in [0.1, 0.15) is 45.5 Å². The average molecular weight is 426 g/mol. The van der Waals surface area contributed by atoms with E-state index in [9.17, 15) is 19.1 Å². The fourth-order valence-corrected chi connectivity index (χ4v) is 4.50. The lowest BCUT2D eigenvalue weighted by molar-refractivity contribution is -0.0589. The first kappa shape index (κ1) is 21.5. The van der Waals surface area contributed by atoms with E-state index in [-0.39, 0.29) is 23.4 Å². The Hall–Kier alpha value is -2.77. The topological polar surface area (TPSA) is 78.9 Å². The van der Waals surface area contributed by atoms with Crippen LogP contribution in [0.2, 0.25) is 0 Å². The zero-order chi connectivity index (χ0) is 22.0. The van der Waals surface area contributed by atoms with Crippen LogP contribution in [0, 0.1) is 18.7 Å². The number of carbonyl (C=O) groups excluding carboxylic acids is 2. The molecule has 0 unspecified atom stereocenters. The number of aryl methyl sites for hydroxylation is 1. The summed E-state index contributed by atoms with van der Waals surface area (Å²) in [6.45, 7) is 3.44. The Labute approximate surface area is 181 Å². The molecule has 0 saturated carbocycles. The zero-order valence-corrected chi connectivity index (χ0v) is 17.5. The molecule has 3 atom stereocenters. The number of halogens is 1. The van der Waals surface area contributed by atoms with E-state index < -0.39 is 17.8 Å². The first-order valence-corrected chi connectivity index (χ1v) is 10.7. The number of amides is 2. The first-order valence-electron chi connectivity index (χ1n) is 10.7. The predicted octanol–water partition coefficient (Wildman–Crippen LogP) is 3.39. The van der Waals surface area contributed by atoms with E-state index in [1.165, 1.54) is 18.2 Å². The summed E-state index contributed by atoms with van der Waals surface area (Å²) < 4.78 is 19.5. The van der Waals surface area contributed by atoms with Crippen LogP contribution in [0.4, 0.5) is 10.1 Å². The molecule has 2 aromatic carbocycles. The highest BCUT2D eigenvalue weighted by molar-refractivity contribution is 6.05. The van der Waals surface area contributed by atoms with Crippen molar-refractivity contribution < 1.29 is 23.8 Å². The molecule has 2 aromatic rings. The fraction of sp³-hybridized carbons (Fsp3) is 0.417. The zero-order valence-electron chi connectivity index (χ0n) is 17.5. The number of carbonyl (C=O) groups is 2. The van der Waals surface area contributed by atoms with E-state index in [0.717, 1.165) is 18.4 Å². The number of anilines is 1. The molecule has 6 nitrogen and oxygen atoms in total. The van der Waals surface area contributed by atoms with Gasteiger partial charge in [-0.15, -0.1) is 0 Å². The molecule has 0 aliphatic carbocycles. The minimum atomic E-state index is -0.599. The number of hydrogen-bond donors (Lipinski definition) is 2. The number of aliphatic hydroxyl groups excluding tert-OH is 1. The Bertz CT molecular complexity index is 980. The van der Waals surface area contributed by atoms with Crippen LogP contribution in [0.25, 0.3) is 0 Å². The quantitative estimate of drug-likeness (QED) is 0.786. The van der Waals surface area contributed by atoms with Gasteiger partial charge < -0.3 is 20.1 Å². The fourth-order valence-electron chi connectivity index (χ4n) is 4.50. The second kappa shape index (κ2) is 9.16. The van der Waals surface area contributed by atoms with Gasteiger partial charge >= 0.3 is 0 Å². The third-order valence-corrected chi connectivity index (χ3v) is 6.27. The van der Waals surface area contributed by atoms with E-state index in [0.29, 0.717) is 37.4 Å². The monoisotopic (exact) mass is 426 g/mol. The molecule has 0 bridgehead atoms. The van der Waals surface area contributed by atoms with Gasteiger partial charge in [0.05, 0.1) is 18.3 Å². The Morgan fingerprint density at radius 2 is 2.00 bits per heavy atom. The van der Waals surface area contributed by atoms with Crippen LogP contribution in [0.3, 0.4) is 0 Å². The Balaban J connectivity index is 1.54. The van der Waals surface area contributed by atoms with Gasteiger partial charge in [-0.1, -0.05) is 18.2 Å². The molecule has 2 fully saturated rings. The van der Waals surface area contributed by atoms with Crippen molar-refractivity contribution in [2.75, 3.05) is 25.1 Å². The summed E-state index contributed by atoms with van der Waals surface area (Å²) in [5.41, 5.74) is 1.64. The van der Waals surface area contributed by atoms with Crippen molar-refractivity contribution in [2.45, 2.75) is 38.3 Å². The van der Waals surface area contributed by atoms with Gasteiger partial charge in [-0.2, -0.15) is 0 Å². The van der Waals surface area contributed by atoms with Crippen LogP contribution < -0.4 is 5.32 Å². The number of rotatable bonds is 4. The van der Waals surface area contributed by atoms with Gasteiger partial charge in [0.25, 0.3) is 11.8 Å². The maximum Gasteiger partial charge on any atom is 0.258 e. The van der Waals surface area contributed by atoms with Gasteiger partial charge in [0.15, 0.2) is 0 Å². The van der Waals surface area contributed by atoms with Crippen LogP contribution in [-0.2, 0) is 4.74 Å². The standard InChI is InChI=1S/C24H27FN2O4/c1-15-8-9-16(13-20(15)26-23(29)17-5-2-3-6-19(17)25)24(30)27-11-4-7-21(27)18-14-31-12-10-22(18)28/h2-3,5-6,8-9,13,18,21-22,28H,4,7,10-12,14H2,1H3,(H,26,29)/t18-,21+,22-/m0/s1. The first-order chi connectivity index (χ1) is 15.0. The molecule has 2 saturated heterocycles. The van der Waals surface area contributed by atoms with Crippen LogP contribution >= 0.6 is 0 Å². The molecule has 164 valence electrons. The molecule has 0 radical (unpaired) electrons. The summed E-state index contributed by atoms with van der Waals surface area (Å²) in [5.74, 6) is -1.39. The number of aliphatic hydroxyl groups is 1. The molecular weight excluding hydrogens is 399 g/mol. The smallest absolute Gasteiger partial charge is 0.258 e. The number of nitrogens with zero attached hydrogens (tertiary/aromatic N) is 1. The summed E-state index contributed by atoms with van der Waals surface area (Å²) >= 11 is 0. The number of hydrogen-bond acceptors (Lipinski definition) is 4. The van der Waals surface area contributed by atoms with Crippen LogP contribution in [0.5, 0.6) is 0 Å². The van der Waals surface area contributed by atoms with Gasteiger partial charge in [0.1, 0.15) is 5.82 Å². The minimum Gasteiger partial charge on any atom is -0.393 e. The van der Waals surface area contributed by atoms with E-state index >= 15 is 0 Å². The Kier molecular flexibility index (Phi) is 6.34. The van der Waals surface area contributed by atoms with Gasteiger partial charge in [0, 0.05) is 36.4 Å². The number of benzene rings is 2. The summed E-state index contributed by atoms with van der Waals surface area (Å²) in [6, 6.07) is 10.9. The van der Waals surface area contributed by atoms with Crippen molar-refractivity contribution in [2.24, 2.45) is 5.92 Å². The maximum atomic E-state index is 14.0. The number of ether oxygens (including phenoxy) is 1. The minimum absolute atomic E-state index is 0.0514. The summed E-state index contributed by atoms with van der Waals surface area (Å²) in [4.78, 5) is 27.7. The molecule has 4 rings (SSSR count). The highest BCUT2D eigenvalue weighted by atomic mass is 19.1. The largest absolute Gasteiger partial charge is 0.393 e. The van der Waals surface area contributed by atoms with E-state index in [1.807, 2.05) is 11.8 Å². The maximum absolute atomic E-state index is 14.0. The van der Waals surface area contributed by atoms with Crippen molar-refractivity contribution >= 4 is 17.5 Å². The molecule has 2 amide bonds. The lowest BCUT2D eigenvalue weighted by Gasteiger charge is -2.37. The predicted molar refractivity (Wildman–Crippen MR) is 115 cm³/mol. The van der Waals surface area contributed by atoms with Crippen molar-refractivity contribution in [1.29, 1.82) is 0 Å². The molecule has 0 spiro atoms. The Morgan fingerprint density at radius 3 is 2.77 bits per heavy atom. The lowest BCUT2D eigenvalue weighted by Crippen LogP contribution is -2.48. The molecule has 2 aliphatic rings. The second-order valence-electron chi connectivity index (χ2n) is 8.27. The third kappa shape index (κ3) is 4.48. The summed E-state index contributed by atoms with van der Waals surface area (Å²) in [5, 5.41) is 13.1. The molecule has 7 heteroatoms. The molecule has 2 heterocycles. The van der Waals surface area contributed by atoms with Gasteiger partial charge in [-0.25, -0.2) is 4.39 Å². The normalized spacial score (nSPS) is 23.6. The average Bonchev–Trinajstić information content (AvgIpc) is 3.25. The SMILES string of the molecule is Cc1ccc(C(=O)N2CCC[C@@H]2[C@@H]2COCC[C@@H]2O)cc1NC(=O)c1ccccc1F. The van der Waals surface area contributed by atoms with Crippen molar-refractivity contribution in [1.82, 2.24) is 4.90 Å². The van der Waals surface area contributed by atoms with Gasteiger partial charge in [0.2, 0.25) is 0 Å². The van der Waals surface area contributed by atoms with Crippen molar-refractivity contribution in [3.8, 4) is 0 Å². The van der Waals surface area contributed by atoms with Gasteiger partial charge in [-0.3, -0.25) is 9.59 Å². The van der Waals surface area contributed by atoms with Crippen molar-refractivity contribution in [3.05, 3.63) is 65.0 Å². The number of likely N-dealkylation sites (tertiary alicyclic amines) is 1. The number of nitrogens with one attached hydrogen (secondary N) is 1.